The van der Waals surface area contributed by atoms with Gasteiger partial charge in [-0.1, -0.05) is 32.9 Å². The smallest absolute Gasteiger partial charge is 0.246 e. The zero-order valence-corrected chi connectivity index (χ0v) is 23.2. The molecule has 0 aromatic carbocycles. The van der Waals surface area contributed by atoms with Crippen LogP contribution in [-0.4, -0.2) is 59.7 Å². The number of rotatable bonds is 8. The third kappa shape index (κ3) is 4.54. The maximum absolute atomic E-state index is 14.3. The highest BCUT2D eigenvalue weighted by Crippen LogP contribution is 2.61. The van der Waals surface area contributed by atoms with Crippen LogP contribution >= 0.6 is 0 Å². The lowest BCUT2D eigenvalue weighted by Gasteiger charge is -2.37. The molecule has 0 aromatic heterocycles. The van der Waals surface area contributed by atoms with E-state index in [0.29, 0.717) is 31.3 Å². The Morgan fingerprint density at radius 2 is 1.87 bits per heavy atom. The number of hydrogen-bond donors (Lipinski definition) is 3. The SMILES string of the molecule is CC(C)(C)[C@H](NC(=O)C1(C2CC2)CC1)C(=O)N1C[C@H]2[C@@H]([C@H]1C(=O)N[C@H](C#N)C[C@@H]1CCNC1=O)[C@H]1C=C[C@@H]2C1. The van der Waals surface area contributed by atoms with E-state index in [1.54, 1.807) is 4.90 Å². The molecule has 4 amide bonds. The lowest BCUT2D eigenvalue weighted by molar-refractivity contribution is -0.145. The molecule has 0 unspecified atom stereocenters. The Hall–Kier alpha value is -2.89. The Morgan fingerprint density at radius 3 is 2.46 bits per heavy atom. The summed E-state index contributed by atoms with van der Waals surface area (Å²) >= 11 is 0. The predicted octanol–water partition coefficient (Wildman–Crippen LogP) is 1.89. The summed E-state index contributed by atoms with van der Waals surface area (Å²) in [6.45, 7) is 6.94. The number of fused-ring (bicyclic) bond motifs is 5. The third-order valence-corrected chi connectivity index (χ3v) is 10.5. The van der Waals surface area contributed by atoms with Gasteiger partial charge in [0.1, 0.15) is 18.1 Å². The summed E-state index contributed by atoms with van der Waals surface area (Å²) in [5.74, 6) is 0.270. The number of carbonyl (C=O) groups is 4. The summed E-state index contributed by atoms with van der Waals surface area (Å²) in [6.07, 6.45) is 10.2. The lowest BCUT2D eigenvalue weighted by atomic mass is 9.81. The zero-order valence-electron chi connectivity index (χ0n) is 23.2. The number of nitrogens with zero attached hydrogens (tertiary/aromatic N) is 2. The molecule has 9 heteroatoms. The van der Waals surface area contributed by atoms with Gasteiger partial charge >= 0.3 is 0 Å². The van der Waals surface area contributed by atoms with E-state index < -0.39 is 23.5 Å². The average molecular weight is 536 g/mol. The quantitative estimate of drug-likeness (QED) is 0.409. The van der Waals surface area contributed by atoms with E-state index in [-0.39, 0.29) is 59.1 Å². The first-order chi connectivity index (χ1) is 18.5. The van der Waals surface area contributed by atoms with Crippen LogP contribution in [0.25, 0.3) is 0 Å². The molecule has 3 N–H and O–H groups in total. The highest BCUT2D eigenvalue weighted by atomic mass is 16.2. The summed E-state index contributed by atoms with van der Waals surface area (Å²) in [4.78, 5) is 55.5. The maximum Gasteiger partial charge on any atom is 0.246 e. The van der Waals surface area contributed by atoms with Gasteiger partial charge in [-0.05, 0) is 80.0 Å². The summed E-state index contributed by atoms with van der Waals surface area (Å²) in [6, 6.07) is -0.0737. The second-order valence-corrected chi connectivity index (χ2v) is 14.0. The van der Waals surface area contributed by atoms with Crippen LogP contribution < -0.4 is 16.0 Å². The molecule has 2 heterocycles. The van der Waals surface area contributed by atoms with Crippen LogP contribution in [0.2, 0.25) is 0 Å². The fourth-order valence-electron chi connectivity index (χ4n) is 8.02. The summed E-state index contributed by atoms with van der Waals surface area (Å²) < 4.78 is 0. The van der Waals surface area contributed by atoms with Crippen molar-refractivity contribution in [1.82, 2.24) is 20.9 Å². The largest absolute Gasteiger partial charge is 0.356 e. The molecular weight excluding hydrogens is 494 g/mol. The zero-order chi connectivity index (χ0) is 27.7. The van der Waals surface area contributed by atoms with Gasteiger partial charge in [0, 0.05) is 19.0 Å². The Balaban J connectivity index is 1.23. The van der Waals surface area contributed by atoms with Gasteiger partial charge in [-0.25, -0.2) is 0 Å². The van der Waals surface area contributed by atoms with Gasteiger partial charge in [-0.15, -0.1) is 0 Å². The van der Waals surface area contributed by atoms with Crippen molar-refractivity contribution in [3.8, 4) is 6.07 Å². The van der Waals surface area contributed by atoms with Crippen molar-refractivity contribution in [1.29, 1.82) is 5.26 Å². The van der Waals surface area contributed by atoms with Gasteiger partial charge in [0.15, 0.2) is 0 Å². The molecule has 39 heavy (non-hydrogen) atoms. The molecule has 2 saturated heterocycles. The second-order valence-electron chi connectivity index (χ2n) is 14.0. The van der Waals surface area contributed by atoms with Gasteiger partial charge < -0.3 is 20.9 Å². The Kier molecular flexibility index (Phi) is 6.31. The van der Waals surface area contributed by atoms with Gasteiger partial charge in [0.2, 0.25) is 23.6 Å². The third-order valence-electron chi connectivity index (χ3n) is 10.5. The normalized spacial score (nSPS) is 35.1. The van der Waals surface area contributed by atoms with Gasteiger partial charge in [-0.3, -0.25) is 19.2 Å². The molecule has 0 radical (unpaired) electrons. The number of hydrogen-bond acceptors (Lipinski definition) is 5. The summed E-state index contributed by atoms with van der Waals surface area (Å²) in [5, 5.41) is 18.7. The van der Waals surface area contributed by atoms with Crippen LogP contribution in [-0.2, 0) is 19.2 Å². The summed E-state index contributed by atoms with van der Waals surface area (Å²) in [7, 11) is 0. The minimum Gasteiger partial charge on any atom is -0.356 e. The highest BCUT2D eigenvalue weighted by Gasteiger charge is 2.61. The topological polar surface area (TPSA) is 131 Å². The van der Waals surface area contributed by atoms with Crippen LogP contribution in [0.3, 0.4) is 0 Å². The number of nitriles is 1. The molecule has 6 aliphatic rings. The molecule has 0 spiro atoms. The minimum atomic E-state index is -0.803. The maximum atomic E-state index is 14.3. The van der Waals surface area contributed by atoms with Crippen molar-refractivity contribution in [2.75, 3.05) is 13.1 Å². The lowest BCUT2D eigenvalue weighted by Crippen LogP contribution is -2.60. The van der Waals surface area contributed by atoms with Gasteiger partial charge in [0.25, 0.3) is 0 Å². The highest BCUT2D eigenvalue weighted by molar-refractivity contribution is 5.95. The van der Waals surface area contributed by atoms with Crippen molar-refractivity contribution >= 4 is 23.6 Å². The van der Waals surface area contributed by atoms with E-state index in [1.165, 1.54) is 0 Å². The van der Waals surface area contributed by atoms with E-state index in [9.17, 15) is 24.4 Å². The molecular formula is C30H41N5O4. The fraction of sp³-hybridized carbons (Fsp3) is 0.767. The molecule has 6 rings (SSSR count). The monoisotopic (exact) mass is 535 g/mol. The van der Waals surface area contributed by atoms with Crippen LogP contribution in [0.15, 0.2) is 12.2 Å². The number of likely N-dealkylation sites (tertiary alicyclic amines) is 1. The second kappa shape index (κ2) is 9.35. The van der Waals surface area contributed by atoms with Crippen LogP contribution in [0.4, 0.5) is 0 Å². The van der Waals surface area contributed by atoms with Crippen molar-refractivity contribution in [3.63, 3.8) is 0 Å². The van der Waals surface area contributed by atoms with Crippen molar-refractivity contribution < 1.29 is 19.2 Å². The number of amides is 4. The molecule has 3 saturated carbocycles. The Labute approximate surface area is 230 Å². The molecule has 9 nitrogen and oxygen atoms in total. The predicted molar refractivity (Wildman–Crippen MR) is 142 cm³/mol. The number of carbonyl (C=O) groups excluding carboxylic acids is 4. The van der Waals surface area contributed by atoms with Gasteiger partial charge in [-0.2, -0.15) is 5.26 Å². The van der Waals surface area contributed by atoms with Crippen LogP contribution in [0.1, 0.15) is 65.7 Å². The fourth-order valence-corrected chi connectivity index (χ4v) is 8.02. The van der Waals surface area contributed by atoms with E-state index in [4.69, 9.17) is 0 Å². The molecule has 5 fully saturated rings. The first-order valence-electron chi connectivity index (χ1n) is 14.8. The Bertz CT molecular complexity index is 1140. The van der Waals surface area contributed by atoms with E-state index in [2.05, 4.69) is 34.2 Å². The first-order valence-corrected chi connectivity index (χ1v) is 14.8. The molecule has 4 aliphatic carbocycles. The van der Waals surface area contributed by atoms with Crippen molar-refractivity contribution in [2.24, 2.45) is 46.3 Å². The molecule has 2 aliphatic heterocycles. The van der Waals surface area contributed by atoms with Crippen molar-refractivity contribution in [2.45, 2.75) is 83.8 Å². The van der Waals surface area contributed by atoms with E-state index in [0.717, 1.165) is 32.1 Å². The minimum absolute atomic E-state index is 0.00405. The molecule has 0 aromatic rings. The van der Waals surface area contributed by atoms with Crippen molar-refractivity contribution in [3.05, 3.63) is 12.2 Å². The molecule has 8 atom stereocenters. The molecule has 210 valence electrons. The van der Waals surface area contributed by atoms with Gasteiger partial charge in [0.05, 0.1) is 11.5 Å². The van der Waals surface area contributed by atoms with Crippen LogP contribution in [0, 0.1) is 57.7 Å². The van der Waals surface area contributed by atoms with E-state index >= 15 is 0 Å². The van der Waals surface area contributed by atoms with E-state index in [1.807, 2.05) is 20.8 Å². The number of allylic oxidation sites excluding steroid dienone is 2. The average Bonchev–Trinajstić information content (AvgIpc) is 3.72. The number of nitrogens with one attached hydrogen (secondary N) is 3. The Morgan fingerprint density at radius 1 is 1.15 bits per heavy atom. The molecule has 2 bridgehead atoms. The first kappa shape index (κ1) is 26.3. The summed E-state index contributed by atoms with van der Waals surface area (Å²) in [5.41, 5.74) is -0.842. The standard InChI is InChI=1S/C30H41N5O4/c1-29(2,3)24(34-28(39)30(9-10-30)19-6-7-19)27(38)35-15-21-16-4-5-17(12-16)22(21)23(35)26(37)33-20(14-31)13-18-8-11-32-25(18)36/h4-5,16-24H,6-13,15H2,1-3H3,(H,32,36)(H,33,37)(H,34,39)/t16-,17+,18+,20+,21-,22+,23+,24-/m1/s1. The van der Waals surface area contributed by atoms with Crippen LogP contribution in [0.5, 0.6) is 0 Å².